The zero-order chi connectivity index (χ0) is 36.5. The number of pyridine rings is 1. The second-order valence-electron chi connectivity index (χ2n) is 11.2. The number of carbonyl (C=O) groups is 3. The number of carboxylic acids is 2. The summed E-state index contributed by atoms with van der Waals surface area (Å²) >= 11 is 0. The molecule has 0 aliphatic carbocycles. The largest absolute Gasteiger partial charge is 1.00 e. The first kappa shape index (κ1) is 44.0. The van der Waals surface area contributed by atoms with E-state index in [1.165, 1.54) is 10.8 Å². The smallest absolute Gasteiger partial charge is 0.744 e. The van der Waals surface area contributed by atoms with Gasteiger partial charge >= 0.3 is 115 Å². The predicted molar refractivity (Wildman–Crippen MR) is 168 cm³/mol. The van der Waals surface area contributed by atoms with Crippen molar-refractivity contribution in [3.05, 3.63) is 71.3 Å². The third kappa shape index (κ3) is 10.4. The quantitative estimate of drug-likeness (QED) is 0.0516. The zero-order valence-corrected chi connectivity index (χ0v) is 35.8. The summed E-state index contributed by atoms with van der Waals surface area (Å²) in [6, 6.07) is 8.19. The van der Waals surface area contributed by atoms with Gasteiger partial charge in [-0.05, 0) is 48.9 Å². The Morgan fingerprint density at radius 1 is 0.962 bits per heavy atom. The second-order valence-corrected chi connectivity index (χ2v) is 13.9. The molecule has 19 nitrogen and oxygen atoms in total. The average Bonchev–Trinajstić information content (AvgIpc) is 3.57. The molecule has 0 saturated heterocycles. The van der Waals surface area contributed by atoms with E-state index in [4.69, 9.17) is 0 Å². The number of aromatic amines is 1. The van der Waals surface area contributed by atoms with Gasteiger partial charge in [0.1, 0.15) is 20.2 Å². The summed E-state index contributed by atoms with van der Waals surface area (Å²) in [5.41, 5.74) is 1.74. The molecule has 3 aromatic heterocycles. The van der Waals surface area contributed by atoms with Gasteiger partial charge in [-0.2, -0.15) is 4.63 Å². The maximum absolute atomic E-state index is 12.8. The average molecular weight is 805 g/mol. The van der Waals surface area contributed by atoms with E-state index < -0.39 is 78.1 Å². The molecule has 1 unspecified atom stereocenters. The number of amides is 1. The van der Waals surface area contributed by atoms with Gasteiger partial charge in [-0.3, -0.25) is 24.5 Å². The number of nitrogens with one attached hydrogen (secondary N) is 2. The Morgan fingerprint density at radius 2 is 1.58 bits per heavy atom. The third-order valence-electron chi connectivity index (χ3n) is 7.51. The number of nitrogens with zero attached hydrogens (tertiary/aromatic N) is 6. The molecule has 3 heterocycles. The molecule has 4 N–H and O–H groups in total. The van der Waals surface area contributed by atoms with E-state index in [1.54, 1.807) is 38.1 Å². The molecule has 5 rings (SSSR count). The Labute approximate surface area is 380 Å². The molecule has 23 heteroatoms. The Hall–Kier alpha value is -2.37. The van der Waals surface area contributed by atoms with Gasteiger partial charge in [0.05, 0.1) is 39.5 Å². The fourth-order valence-corrected chi connectivity index (χ4v) is 6.27. The molecule has 1 amide bonds. The van der Waals surface area contributed by atoms with Crippen molar-refractivity contribution in [1.82, 2.24) is 30.1 Å². The van der Waals surface area contributed by atoms with Gasteiger partial charge in [0, 0.05) is 35.5 Å². The Morgan fingerprint density at radius 3 is 2.15 bits per heavy atom. The van der Waals surface area contributed by atoms with E-state index in [2.05, 4.69) is 35.7 Å². The van der Waals surface area contributed by atoms with Crippen LogP contribution in [0.4, 0.5) is 11.4 Å². The molecule has 0 spiro atoms. The summed E-state index contributed by atoms with van der Waals surface area (Å²) in [4.78, 5) is 42.4. The van der Waals surface area contributed by atoms with Gasteiger partial charge in [-0.1, -0.05) is 13.0 Å². The van der Waals surface area contributed by atoms with Crippen LogP contribution in [-0.4, -0.2) is 85.3 Å². The molecule has 52 heavy (non-hydrogen) atoms. The fraction of sp³-hybridized carbons (Fsp3) is 0.241. The molecule has 0 aliphatic rings. The number of fused-ring (bicyclic) bond motifs is 2. The number of aromatic nitrogens is 5. The first-order valence-corrected chi connectivity index (χ1v) is 17.3. The van der Waals surface area contributed by atoms with Crippen LogP contribution in [0.5, 0.6) is 0 Å². The second kappa shape index (κ2) is 17.8. The molecule has 5 aromatic rings. The number of carbonyl (C=O) groups excluding carboxylic acids is 1. The van der Waals surface area contributed by atoms with Crippen molar-refractivity contribution in [3.63, 3.8) is 0 Å². The Kier molecular flexibility index (Phi) is 15.1. The van der Waals surface area contributed by atoms with Crippen LogP contribution < -0.4 is 108 Å². The number of hydrogen-bond acceptors (Lipinski definition) is 14. The van der Waals surface area contributed by atoms with Gasteiger partial charge in [0.2, 0.25) is 5.65 Å². The molecule has 2 aromatic carbocycles. The summed E-state index contributed by atoms with van der Waals surface area (Å²) in [7, 11) is -10.4. The summed E-state index contributed by atoms with van der Waals surface area (Å²) in [5, 5.41) is 37.8. The van der Waals surface area contributed by atoms with Gasteiger partial charge in [0.15, 0.2) is 11.5 Å². The maximum atomic E-state index is 12.8. The topological polar surface area (TPSA) is 302 Å². The van der Waals surface area contributed by atoms with E-state index in [9.17, 15) is 50.5 Å². The first-order valence-electron chi connectivity index (χ1n) is 14.5. The van der Waals surface area contributed by atoms with Crippen molar-refractivity contribution >= 4 is 66.0 Å². The minimum Gasteiger partial charge on any atom is -0.744 e. The van der Waals surface area contributed by atoms with Crippen molar-refractivity contribution < 1.29 is 153 Å². The van der Waals surface area contributed by atoms with E-state index in [1.807, 2.05) is 0 Å². The van der Waals surface area contributed by atoms with Crippen molar-refractivity contribution in [1.29, 1.82) is 0 Å². The molecule has 0 saturated carbocycles. The zero-order valence-electron chi connectivity index (χ0n) is 28.0. The fourth-order valence-electron chi connectivity index (χ4n) is 5.11. The van der Waals surface area contributed by atoms with Crippen molar-refractivity contribution in [2.75, 3.05) is 6.54 Å². The van der Waals surface area contributed by atoms with Crippen LogP contribution in [0.25, 0.3) is 16.6 Å². The van der Waals surface area contributed by atoms with Crippen LogP contribution in [-0.2, 0) is 29.8 Å². The number of rotatable bonds is 13. The van der Waals surface area contributed by atoms with Crippen LogP contribution in [0.2, 0.25) is 0 Å². The maximum Gasteiger partial charge on any atom is 1.00 e. The number of hydrogen-bond donors (Lipinski definition) is 4. The summed E-state index contributed by atoms with van der Waals surface area (Å²) in [5.74, 6) is -4.46. The monoisotopic (exact) mass is 804 g/mol. The molecule has 0 fully saturated rings. The molecule has 0 radical (unpaired) electrons. The number of benzene rings is 2. The molecule has 262 valence electrons. The standard InChI is InChI=1S/C29H28N8O11S2.2K/c1-14(13-31-29(42)17-8-18(49(43,44)45)12-19(9-17)50(46,47)48)27-32-28-25(15(2)35-37(28)36-27)34-33-22-6-5-20(26-21(22)4-3-7-30-26)16(10-23(38)39)11-24(40)41;;/h3-9,12,14,16,35H,10-11,13H2,1-2H3,(H,31,42)(H,38,39)(H,40,41)(H,43,44,45)(H,46,47,48);;/q;2*+1/p-2. The first-order chi connectivity index (χ1) is 23.4. The van der Waals surface area contributed by atoms with E-state index in [-0.39, 0.29) is 121 Å². The number of carboxylic acid groups (broad SMARTS) is 2. The summed E-state index contributed by atoms with van der Waals surface area (Å²) in [6.45, 7) is 3.22. The van der Waals surface area contributed by atoms with E-state index in [0.29, 0.717) is 51.7 Å². The molecular formula is C29H26K2N8O11S2. The molecular weight excluding hydrogens is 779 g/mol. The Balaban J connectivity index is 0.00000364. The van der Waals surface area contributed by atoms with Crippen molar-refractivity contribution in [2.45, 2.75) is 48.3 Å². The summed E-state index contributed by atoms with van der Waals surface area (Å²) in [6.07, 6.45) is 0.666. The minimum atomic E-state index is -5.20. The molecule has 0 aliphatic heterocycles. The minimum absolute atomic E-state index is 0. The predicted octanol–water partition coefficient (Wildman–Crippen LogP) is -3.29. The molecule has 1 atom stereocenters. The van der Waals surface area contributed by atoms with Gasteiger partial charge in [-0.25, -0.2) is 21.8 Å². The van der Waals surface area contributed by atoms with Gasteiger partial charge < -0.3 is 24.6 Å². The van der Waals surface area contributed by atoms with Crippen LogP contribution in [0.15, 0.2) is 68.7 Å². The number of H-pyrrole nitrogens is 1. The third-order valence-corrected chi connectivity index (χ3v) is 9.14. The summed E-state index contributed by atoms with van der Waals surface area (Å²) < 4.78 is 70.2. The molecule has 0 bridgehead atoms. The van der Waals surface area contributed by atoms with Crippen molar-refractivity contribution in [3.8, 4) is 0 Å². The van der Waals surface area contributed by atoms with Crippen LogP contribution >= 0.6 is 0 Å². The number of aliphatic carboxylic acids is 2. The van der Waals surface area contributed by atoms with Gasteiger partial charge in [-0.15, -0.1) is 15.3 Å². The van der Waals surface area contributed by atoms with Crippen LogP contribution in [0.3, 0.4) is 0 Å². The van der Waals surface area contributed by atoms with Crippen molar-refractivity contribution in [2.24, 2.45) is 10.2 Å². The van der Waals surface area contributed by atoms with Gasteiger partial charge in [0.25, 0.3) is 5.91 Å². The van der Waals surface area contributed by atoms with E-state index >= 15 is 0 Å². The Bertz CT molecular complexity index is 2370. The number of aryl methyl sites for hydroxylation is 1. The van der Waals surface area contributed by atoms with E-state index in [0.717, 1.165) is 0 Å². The van der Waals surface area contributed by atoms with Crippen LogP contribution in [0.1, 0.15) is 59.0 Å². The SMILES string of the molecule is Cc1[nH]n2nc(C(C)CNC(=O)c3cc(S(=O)(=O)[O-])cc(S(=O)(=O)[O-])c3)nc2c1N=Nc1ccc(C(CC(=O)O)CC(=O)O)c2ncccc12.[K+].[K+]. The van der Waals surface area contributed by atoms with Crippen LogP contribution in [0, 0.1) is 6.92 Å². The normalized spacial score (nSPS) is 12.5. The number of azo groups is 1.